The van der Waals surface area contributed by atoms with Crippen LogP contribution in [0.5, 0.6) is 5.75 Å². The highest BCUT2D eigenvalue weighted by Gasteiger charge is 2.68. The number of aromatic hydroxyl groups is 1. The van der Waals surface area contributed by atoms with Gasteiger partial charge in [-0.2, -0.15) is 0 Å². The van der Waals surface area contributed by atoms with Gasteiger partial charge in [0, 0.05) is 19.9 Å². The first-order valence-electron chi connectivity index (χ1n) is 10.2. The third-order valence-electron chi connectivity index (χ3n) is 5.64. The van der Waals surface area contributed by atoms with Crippen LogP contribution in [-0.4, -0.2) is 95.6 Å². The van der Waals surface area contributed by atoms with Crippen LogP contribution >= 0.6 is 11.8 Å². The lowest BCUT2D eigenvalue weighted by Gasteiger charge is -2.55. The fourth-order valence-electron chi connectivity index (χ4n) is 3.88. The van der Waals surface area contributed by atoms with Gasteiger partial charge >= 0.3 is 11.9 Å². The number of tetrazole rings is 1. The van der Waals surface area contributed by atoms with Crippen LogP contribution in [0.15, 0.2) is 40.7 Å². The summed E-state index contributed by atoms with van der Waals surface area (Å²) in [6, 6.07) is 4.93. The van der Waals surface area contributed by atoms with E-state index in [-0.39, 0.29) is 34.9 Å². The largest absolute Gasteiger partial charge is 0.508 e. The number of benzene rings is 1. The first kappa shape index (κ1) is 25.1. The second-order valence-corrected chi connectivity index (χ2v) is 8.70. The Labute approximate surface area is 206 Å². The fraction of sp³-hybridized carbons (Fsp3) is 0.350. The van der Waals surface area contributed by atoms with Gasteiger partial charge in [0.1, 0.15) is 11.4 Å². The van der Waals surface area contributed by atoms with E-state index in [9.17, 15) is 34.5 Å². The molecule has 190 valence electrons. The van der Waals surface area contributed by atoms with E-state index in [1.54, 1.807) is 7.05 Å². The molecule has 4 rings (SSSR count). The van der Waals surface area contributed by atoms with Gasteiger partial charge in [-0.05, 0) is 33.7 Å². The number of carboxylic acids is 2. The summed E-state index contributed by atoms with van der Waals surface area (Å²) in [6.07, 6.45) is -1.36. The van der Waals surface area contributed by atoms with Crippen LogP contribution in [0.2, 0.25) is 0 Å². The fourth-order valence-corrected chi connectivity index (χ4v) is 4.72. The average Bonchev–Trinajstić information content (AvgIpc) is 3.25. The Hall–Kier alpha value is -4.02. The number of nitrogens with zero attached hydrogens (tertiary/aromatic N) is 5. The molecular weight excluding hydrogens is 500 g/mol. The number of phenols is 1. The van der Waals surface area contributed by atoms with E-state index < -0.39 is 41.6 Å². The highest BCUT2D eigenvalue weighted by molar-refractivity contribution is 7.99. The van der Waals surface area contributed by atoms with Gasteiger partial charge in [0.2, 0.25) is 11.1 Å². The first-order chi connectivity index (χ1) is 17.1. The molecule has 1 aromatic carbocycles. The van der Waals surface area contributed by atoms with E-state index >= 15 is 0 Å². The van der Waals surface area contributed by atoms with Crippen molar-refractivity contribution in [3.63, 3.8) is 0 Å². The topological polar surface area (TPSA) is 206 Å². The highest BCUT2D eigenvalue weighted by atomic mass is 32.2. The molecule has 0 bridgehead atoms. The van der Waals surface area contributed by atoms with Crippen molar-refractivity contribution in [2.45, 2.75) is 23.0 Å². The quantitative estimate of drug-likeness (QED) is 0.134. The van der Waals surface area contributed by atoms with Crippen LogP contribution in [0, 0.1) is 0 Å². The molecule has 15 nitrogen and oxygen atoms in total. The Morgan fingerprint density at radius 3 is 2.56 bits per heavy atom. The second-order valence-electron chi connectivity index (χ2n) is 7.76. The van der Waals surface area contributed by atoms with E-state index in [4.69, 9.17) is 9.47 Å². The summed E-state index contributed by atoms with van der Waals surface area (Å²) in [4.78, 5) is 51.0. The summed E-state index contributed by atoms with van der Waals surface area (Å²) >= 11 is 1.14. The number of β-lactam (4-membered cyclic amide) rings is 1. The van der Waals surface area contributed by atoms with E-state index in [0.717, 1.165) is 23.8 Å². The molecule has 1 aromatic heterocycles. The highest BCUT2D eigenvalue weighted by Crippen LogP contribution is 2.41. The molecule has 2 aliphatic rings. The Bertz CT molecular complexity index is 1260. The molecule has 3 atom stereocenters. The number of aliphatic carboxylic acids is 2. The maximum atomic E-state index is 13.2. The number of rotatable bonds is 9. The van der Waals surface area contributed by atoms with Crippen molar-refractivity contribution in [3.05, 3.63) is 41.1 Å². The first-order valence-corrected chi connectivity index (χ1v) is 11.2. The number of carbonyl (C=O) groups excluding carboxylic acids is 2. The number of hydrogen-bond donors (Lipinski definition) is 4. The smallest absolute Gasteiger partial charge is 0.352 e. The number of aromatic nitrogens is 4. The van der Waals surface area contributed by atoms with Gasteiger partial charge < -0.3 is 30.1 Å². The molecule has 0 saturated carbocycles. The lowest BCUT2D eigenvalue weighted by atomic mass is 9.92. The molecule has 0 aliphatic carbocycles. The Balaban J connectivity index is 1.58. The normalized spacial score (nSPS) is 22.0. The van der Waals surface area contributed by atoms with Gasteiger partial charge in [-0.1, -0.05) is 23.9 Å². The molecule has 1 unspecified atom stereocenters. The van der Waals surface area contributed by atoms with Crippen molar-refractivity contribution in [1.82, 2.24) is 30.4 Å². The Morgan fingerprint density at radius 2 is 2.00 bits per heavy atom. The summed E-state index contributed by atoms with van der Waals surface area (Å²) < 4.78 is 12.4. The van der Waals surface area contributed by atoms with Crippen LogP contribution in [0.4, 0.5) is 0 Å². The molecule has 3 heterocycles. The number of phenolic OH excluding ortho intramolecular Hbond substituents is 1. The van der Waals surface area contributed by atoms with Crippen molar-refractivity contribution in [1.29, 1.82) is 0 Å². The number of carboxylic acid groups (broad SMARTS) is 2. The maximum absolute atomic E-state index is 13.2. The minimum Gasteiger partial charge on any atom is -0.508 e. The Morgan fingerprint density at radius 1 is 1.31 bits per heavy atom. The van der Waals surface area contributed by atoms with Crippen molar-refractivity contribution >= 4 is 35.5 Å². The molecule has 1 saturated heterocycles. The second kappa shape index (κ2) is 9.56. The molecule has 1 fully saturated rings. The molecule has 2 amide bonds. The average molecular weight is 520 g/mol. The molecule has 4 N–H and O–H groups in total. The molecule has 2 aliphatic heterocycles. The van der Waals surface area contributed by atoms with Crippen LogP contribution < -0.4 is 5.32 Å². The van der Waals surface area contributed by atoms with Crippen molar-refractivity contribution in [2.24, 2.45) is 7.05 Å². The molecule has 16 heteroatoms. The van der Waals surface area contributed by atoms with Crippen LogP contribution in [-0.2, 0) is 35.7 Å². The molecule has 36 heavy (non-hydrogen) atoms. The number of methoxy groups -OCH3 is 1. The van der Waals surface area contributed by atoms with Gasteiger partial charge in [0.15, 0.2) is 12.1 Å². The SMILES string of the molecule is CO[C@]1(NC(=O)C(C(=O)O)c2ccc(O)cc2)C(=O)N2C(C(=O)O)=C(CSc3nnnn3C)CO[C@@H]21. The van der Waals surface area contributed by atoms with E-state index in [2.05, 4.69) is 20.8 Å². The third-order valence-corrected chi connectivity index (χ3v) is 6.73. The van der Waals surface area contributed by atoms with Gasteiger partial charge in [0.25, 0.3) is 11.6 Å². The zero-order valence-electron chi connectivity index (χ0n) is 18.8. The summed E-state index contributed by atoms with van der Waals surface area (Å²) in [6.45, 7) is -0.213. The molecule has 0 radical (unpaired) electrons. The lowest BCUT2D eigenvalue weighted by molar-refractivity contribution is -0.258. The number of carbonyl (C=O) groups is 4. The maximum Gasteiger partial charge on any atom is 0.352 e. The monoisotopic (exact) mass is 520 g/mol. The van der Waals surface area contributed by atoms with Crippen LogP contribution in [0.25, 0.3) is 0 Å². The zero-order valence-corrected chi connectivity index (χ0v) is 19.6. The van der Waals surface area contributed by atoms with Gasteiger partial charge in [-0.25, -0.2) is 9.48 Å². The minimum absolute atomic E-state index is 0.0425. The van der Waals surface area contributed by atoms with Gasteiger partial charge in [-0.15, -0.1) is 5.10 Å². The number of nitrogens with one attached hydrogen (secondary N) is 1. The number of amides is 2. The minimum atomic E-state index is -2.14. The predicted molar refractivity (Wildman–Crippen MR) is 117 cm³/mol. The van der Waals surface area contributed by atoms with Gasteiger partial charge in [0.05, 0.1) is 6.61 Å². The van der Waals surface area contributed by atoms with E-state index in [0.29, 0.717) is 5.16 Å². The van der Waals surface area contributed by atoms with E-state index in [1.807, 2.05) is 0 Å². The van der Waals surface area contributed by atoms with Gasteiger partial charge in [-0.3, -0.25) is 19.3 Å². The standard InChI is InChI=1S/C20H20N6O9S/c1-25-19(22-23-24-25)36-8-10-7-35-18-20(34-2,17(33)26(18)13(10)16(31)32)21-14(28)12(15(29)30)9-3-5-11(27)6-4-9/h3-6,12,18,27H,7-8H2,1-2H3,(H,21,28)(H,29,30)(H,31,32)/t12?,18-,20-/m1/s1. The number of aryl methyl sites for hydroxylation is 1. The van der Waals surface area contributed by atoms with Crippen molar-refractivity contribution in [2.75, 3.05) is 19.5 Å². The summed E-state index contributed by atoms with van der Waals surface area (Å²) in [5.41, 5.74) is -2.17. The molecule has 2 aromatic rings. The van der Waals surface area contributed by atoms with Crippen LogP contribution in [0.3, 0.4) is 0 Å². The lowest BCUT2D eigenvalue weighted by Crippen LogP contribution is -2.82. The van der Waals surface area contributed by atoms with E-state index in [1.165, 1.54) is 28.9 Å². The summed E-state index contributed by atoms with van der Waals surface area (Å²) in [7, 11) is 2.71. The summed E-state index contributed by atoms with van der Waals surface area (Å²) in [5, 5.41) is 42.6. The number of thioether (sulfide) groups is 1. The van der Waals surface area contributed by atoms with Crippen molar-refractivity contribution in [3.8, 4) is 5.75 Å². The molecular formula is C20H20N6O9S. The Kier molecular flexibility index (Phi) is 6.66. The zero-order chi connectivity index (χ0) is 26.2. The summed E-state index contributed by atoms with van der Waals surface area (Å²) in [5.74, 6) is -6.73. The molecule has 0 spiro atoms. The predicted octanol–water partition coefficient (Wildman–Crippen LogP) is -1.13. The number of hydrogen-bond acceptors (Lipinski definition) is 11. The third kappa shape index (κ3) is 4.14. The number of ether oxygens (including phenoxy) is 2. The van der Waals surface area contributed by atoms with Crippen molar-refractivity contribution < 1.29 is 44.0 Å². The van der Waals surface area contributed by atoms with Crippen LogP contribution in [0.1, 0.15) is 11.5 Å². The number of fused-ring (bicyclic) bond motifs is 1.